The number of rotatable bonds is 15. The molecule has 6 heterocycles. The Morgan fingerprint density at radius 2 is 0.529 bits per heavy atom. The molecule has 12 rings (SSSR count). The topological polar surface area (TPSA) is 145 Å². The second kappa shape index (κ2) is 18.9. The minimum Gasteiger partial charge on any atom is -0.492 e. The number of hydrogen-bond donors (Lipinski definition) is 0. The van der Waals surface area contributed by atoms with Gasteiger partial charge in [0.05, 0.1) is 68.4 Å². The highest BCUT2D eigenvalue weighted by Gasteiger charge is 2.29. The van der Waals surface area contributed by atoms with Crippen LogP contribution in [0.1, 0.15) is 33.4 Å². The Kier molecular flexibility index (Phi) is 11.4. The highest BCUT2D eigenvalue weighted by atomic mass is 16.5. The van der Waals surface area contributed by atoms with Crippen molar-refractivity contribution in [1.82, 2.24) is 34.8 Å². The third-order valence-corrected chi connectivity index (χ3v) is 12.3. The maximum Gasteiger partial charge on any atom is 0.119 e. The van der Waals surface area contributed by atoms with Crippen molar-refractivity contribution in [3.05, 3.63) is 216 Å². The van der Waals surface area contributed by atoms with Crippen LogP contribution in [0.2, 0.25) is 0 Å². The summed E-state index contributed by atoms with van der Waals surface area (Å²) in [6.07, 6.45) is 10.7. The van der Waals surface area contributed by atoms with Gasteiger partial charge in [-0.1, -0.05) is 0 Å². The van der Waals surface area contributed by atoms with Crippen LogP contribution in [-0.4, -0.2) is 91.4 Å². The molecular weight excluding hydrogens is 873 g/mol. The molecule has 70 heavy (non-hydrogen) atoms. The average Bonchev–Trinajstić information content (AvgIpc) is 4.03. The maximum atomic E-state index is 6.29. The van der Waals surface area contributed by atoms with Gasteiger partial charge in [0.1, 0.15) is 37.1 Å². The molecule has 0 radical (unpaired) electrons. The zero-order valence-electron chi connectivity index (χ0n) is 37.8. The summed E-state index contributed by atoms with van der Waals surface area (Å²) in [7, 11) is 0. The van der Waals surface area contributed by atoms with Crippen molar-refractivity contribution in [1.29, 1.82) is 0 Å². The van der Waals surface area contributed by atoms with Crippen molar-refractivity contribution in [3.8, 4) is 51.4 Å². The lowest BCUT2D eigenvalue weighted by molar-refractivity contribution is 0.153. The van der Waals surface area contributed by atoms with Gasteiger partial charge in [0.15, 0.2) is 0 Å². The Labute approximate surface area is 403 Å². The van der Waals surface area contributed by atoms with Crippen LogP contribution in [0.4, 0.5) is 17.1 Å². The van der Waals surface area contributed by atoms with Crippen molar-refractivity contribution in [2.45, 2.75) is 0 Å². The molecular formula is C57H42N10O3. The lowest BCUT2D eigenvalue weighted by Gasteiger charge is -2.22. The van der Waals surface area contributed by atoms with Crippen molar-refractivity contribution in [3.63, 3.8) is 0 Å². The third kappa shape index (κ3) is 8.46. The van der Waals surface area contributed by atoms with Crippen LogP contribution in [0.5, 0.6) is 17.2 Å². The Balaban J connectivity index is 0.701. The molecule has 0 N–H and O–H groups in total. The summed E-state index contributed by atoms with van der Waals surface area (Å²) >= 11 is 0. The quantitative estimate of drug-likeness (QED) is 0.0974. The highest BCUT2D eigenvalue weighted by molar-refractivity contribution is 6.25. The van der Waals surface area contributed by atoms with Crippen molar-refractivity contribution < 1.29 is 14.2 Å². The van der Waals surface area contributed by atoms with Gasteiger partial charge in [0.25, 0.3) is 0 Å². The zero-order valence-corrected chi connectivity index (χ0v) is 37.8. The highest BCUT2D eigenvalue weighted by Crippen LogP contribution is 2.38. The summed E-state index contributed by atoms with van der Waals surface area (Å²) in [5, 5.41) is 0. The lowest BCUT2D eigenvalue weighted by Crippen LogP contribution is -2.35. The average molecular weight is 915 g/mol. The molecule has 0 saturated carbocycles. The smallest absolute Gasteiger partial charge is 0.119 e. The van der Waals surface area contributed by atoms with E-state index in [0.717, 1.165) is 119 Å². The summed E-state index contributed by atoms with van der Waals surface area (Å²) in [6.45, 7) is 3.34. The van der Waals surface area contributed by atoms with E-state index in [1.807, 2.05) is 146 Å². The molecule has 0 aliphatic heterocycles. The van der Waals surface area contributed by atoms with E-state index in [-0.39, 0.29) is 0 Å². The number of ether oxygens (including phenoxy) is 3. The van der Waals surface area contributed by atoms with Gasteiger partial charge < -0.3 is 14.2 Å². The molecule has 0 spiro atoms. The van der Waals surface area contributed by atoms with E-state index in [9.17, 15) is 0 Å². The Bertz CT molecular complexity index is 2980. The number of aliphatic imine (C=N–C) groups is 3. The second-order valence-corrected chi connectivity index (χ2v) is 16.6. The van der Waals surface area contributed by atoms with Crippen LogP contribution in [0.25, 0.3) is 34.2 Å². The molecule has 0 atom stereocenters. The van der Waals surface area contributed by atoms with E-state index in [0.29, 0.717) is 39.5 Å². The number of nitrogens with zero attached hydrogens (tertiary/aromatic N) is 10. The van der Waals surface area contributed by atoms with Gasteiger partial charge in [-0.3, -0.25) is 34.8 Å². The van der Waals surface area contributed by atoms with Gasteiger partial charge in [-0.2, -0.15) is 0 Å². The first-order valence-corrected chi connectivity index (χ1v) is 23.1. The Morgan fingerprint density at radius 1 is 0.300 bits per heavy atom. The third-order valence-electron chi connectivity index (χ3n) is 12.3. The number of benzene rings is 3. The van der Waals surface area contributed by atoms with E-state index in [4.69, 9.17) is 29.2 Å². The van der Waals surface area contributed by atoms with Gasteiger partial charge >= 0.3 is 0 Å². The summed E-state index contributed by atoms with van der Waals surface area (Å²) in [6, 6.07) is 47.4. The van der Waals surface area contributed by atoms with Crippen molar-refractivity contribution >= 4 is 34.2 Å². The molecule has 0 saturated heterocycles. The first-order valence-electron chi connectivity index (χ1n) is 23.1. The lowest BCUT2D eigenvalue weighted by atomic mass is 10.1. The molecule has 0 bridgehead atoms. The van der Waals surface area contributed by atoms with Crippen LogP contribution < -0.4 is 14.2 Å². The fourth-order valence-corrected chi connectivity index (χ4v) is 8.96. The molecule has 13 nitrogen and oxygen atoms in total. The molecule has 0 fully saturated rings. The van der Waals surface area contributed by atoms with E-state index in [1.165, 1.54) is 0 Å². The van der Waals surface area contributed by atoms with Crippen LogP contribution >= 0.6 is 0 Å². The van der Waals surface area contributed by atoms with Gasteiger partial charge in [0.2, 0.25) is 0 Å². The van der Waals surface area contributed by atoms with Crippen molar-refractivity contribution in [2.75, 3.05) is 39.5 Å². The summed E-state index contributed by atoms with van der Waals surface area (Å²) in [5.41, 5.74) is 16.0. The summed E-state index contributed by atoms with van der Waals surface area (Å²) in [4.78, 5) is 44.9. The SMILES string of the molecule is c1cnc2c(c1)C(=Nc1ccc(OCCN(CCOc3ccc(N=C4c5cccnc5-c5ncccc54)cc3)CCOc3ccc(N=C4c5cccnc5-c5ncccc54)cc3)cc1)c1cccnc1-2. The van der Waals surface area contributed by atoms with E-state index in [2.05, 4.69) is 34.8 Å². The molecule has 338 valence electrons. The standard InChI is InChI=1S/C57H42N10O3/c1-7-43-49(44-8-2-26-59-53(44)52(43)58-25-1)64-37-13-19-40(20-14-37)68-34-31-67(32-35-69-41-21-15-38(16-22-41)65-50-45-9-3-27-60-54(45)55-46(50)10-4-28-61-55)33-36-70-42-23-17-39(18-24-42)66-51-47-11-5-29-62-56(47)57-48(51)12-6-30-63-57/h1-30H,31-36H2. The maximum absolute atomic E-state index is 6.29. The minimum absolute atomic E-state index is 0.463. The molecule has 0 amide bonds. The minimum atomic E-state index is 0.463. The number of hydrogen-bond acceptors (Lipinski definition) is 13. The van der Waals surface area contributed by atoms with Crippen LogP contribution in [0, 0.1) is 0 Å². The predicted molar refractivity (Wildman–Crippen MR) is 271 cm³/mol. The Morgan fingerprint density at radius 3 is 0.757 bits per heavy atom. The summed E-state index contributed by atoms with van der Waals surface area (Å²) < 4.78 is 18.9. The second-order valence-electron chi connectivity index (χ2n) is 16.6. The van der Waals surface area contributed by atoms with E-state index < -0.39 is 0 Å². The predicted octanol–water partition coefficient (Wildman–Crippen LogP) is 10.3. The number of fused-ring (bicyclic) bond motifs is 9. The van der Waals surface area contributed by atoms with E-state index >= 15 is 0 Å². The van der Waals surface area contributed by atoms with E-state index in [1.54, 1.807) is 37.2 Å². The van der Waals surface area contributed by atoms with Gasteiger partial charge in [-0.15, -0.1) is 0 Å². The molecule has 3 aliphatic carbocycles. The van der Waals surface area contributed by atoms with Gasteiger partial charge in [-0.05, 0) is 146 Å². The van der Waals surface area contributed by atoms with Crippen LogP contribution in [0.15, 0.2) is 198 Å². The molecule has 6 aromatic heterocycles. The first-order chi connectivity index (χ1) is 34.7. The fraction of sp³-hybridized carbons (Fsp3) is 0.105. The monoisotopic (exact) mass is 914 g/mol. The summed E-state index contributed by atoms with van der Waals surface area (Å²) in [5.74, 6) is 2.27. The zero-order chi connectivity index (χ0) is 46.6. The normalized spacial score (nSPS) is 12.4. The van der Waals surface area contributed by atoms with Gasteiger partial charge in [0, 0.05) is 90.2 Å². The van der Waals surface area contributed by atoms with Crippen molar-refractivity contribution in [2.24, 2.45) is 15.0 Å². The molecule has 13 heteroatoms. The fourth-order valence-electron chi connectivity index (χ4n) is 8.96. The molecule has 0 unspecified atom stereocenters. The first kappa shape index (κ1) is 42.3. The molecule has 9 aromatic rings. The largest absolute Gasteiger partial charge is 0.492 e. The number of pyridine rings is 6. The molecule has 3 aromatic carbocycles. The van der Waals surface area contributed by atoms with Gasteiger partial charge in [-0.25, -0.2) is 15.0 Å². The van der Waals surface area contributed by atoms with Crippen LogP contribution in [0.3, 0.4) is 0 Å². The molecule has 3 aliphatic rings. The Hall–Kier alpha value is -9.07. The van der Waals surface area contributed by atoms with Crippen LogP contribution in [-0.2, 0) is 0 Å². The number of aromatic nitrogens is 6.